The number of carbonyl (C=O) groups excluding carboxylic acids is 1. The van der Waals surface area contributed by atoms with Gasteiger partial charge in [-0.1, -0.05) is 12.8 Å². The Morgan fingerprint density at radius 2 is 1.29 bits per heavy atom. The Morgan fingerprint density at radius 1 is 0.656 bits per heavy atom. The van der Waals surface area contributed by atoms with Gasteiger partial charge >= 0.3 is 13.2 Å². The second-order valence-corrected chi connectivity index (χ2v) is 24.8. The SMILES string of the molecule is CC(C)(C)OC(=O)n1cc(B2OC(C)(C)C(C)(C)O2)cn1.Cc1nc(-c2[nH]ncc2-c2ccc3ncc(-c4cnn([C@@H]5CCCC[C@H]5N)c4)cc3n2)ccc1F.Cc1nc(-c2nn(C3CCCCO3)cc2-c2ccc3ncc(-c4cn[nH]c4)cc3n2)ccc1F. The lowest BCUT2D eigenvalue weighted by molar-refractivity contribution is -0.0393. The van der Waals surface area contributed by atoms with E-state index in [1.807, 2.05) is 125 Å². The number of nitrogens with two attached hydrogens (primary N) is 1. The quantitative estimate of drug-likeness (QED) is 0.113. The van der Waals surface area contributed by atoms with Crippen LogP contribution in [0.3, 0.4) is 0 Å². The van der Waals surface area contributed by atoms with E-state index in [1.54, 1.807) is 50.8 Å². The average Bonchev–Trinajstić information content (AvgIpc) is 1.63. The van der Waals surface area contributed by atoms with Crippen LogP contribution in [0.15, 0.2) is 123 Å². The summed E-state index contributed by atoms with van der Waals surface area (Å²) in [7, 11) is -0.536. The van der Waals surface area contributed by atoms with Gasteiger partial charge in [0.2, 0.25) is 0 Å². The van der Waals surface area contributed by atoms with Gasteiger partial charge in [0.1, 0.15) is 29.2 Å². The number of aromatic amines is 2. The second kappa shape index (κ2) is 24.9. The molecule has 1 aliphatic carbocycles. The minimum atomic E-state index is -0.562. The fraction of sp³-hybridized carbons (Fsp3) is 0.354. The van der Waals surface area contributed by atoms with Gasteiger partial charge in [-0.2, -0.15) is 30.2 Å². The molecule has 11 aromatic rings. The third-order valence-corrected chi connectivity index (χ3v) is 16.6. The fourth-order valence-corrected chi connectivity index (χ4v) is 10.9. The van der Waals surface area contributed by atoms with E-state index in [9.17, 15) is 13.6 Å². The molecule has 1 saturated carbocycles. The number of fused-ring (bicyclic) bond motifs is 2. The van der Waals surface area contributed by atoms with Gasteiger partial charge in [0.25, 0.3) is 0 Å². The highest BCUT2D eigenvalue weighted by Gasteiger charge is 2.52. The van der Waals surface area contributed by atoms with Crippen molar-refractivity contribution < 1.29 is 32.4 Å². The zero-order chi connectivity index (χ0) is 63.1. The van der Waals surface area contributed by atoms with E-state index < -0.39 is 30.0 Å². The summed E-state index contributed by atoms with van der Waals surface area (Å²) in [6.45, 7) is 17.3. The number of aryl methyl sites for hydroxylation is 2. The molecule has 4 N–H and O–H groups in total. The molecule has 0 spiro atoms. The Bertz CT molecular complexity index is 4360. The Morgan fingerprint density at radius 3 is 1.92 bits per heavy atom. The lowest BCUT2D eigenvalue weighted by Crippen LogP contribution is -2.41. The summed E-state index contributed by atoms with van der Waals surface area (Å²) in [6, 6.07) is 18.2. The van der Waals surface area contributed by atoms with E-state index in [4.69, 9.17) is 39.6 Å². The number of ether oxygens (including phenoxy) is 2. The van der Waals surface area contributed by atoms with E-state index in [2.05, 4.69) is 56.7 Å². The molecule has 0 bridgehead atoms. The predicted octanol–water partition coefficient (Wildman–Crippen LogP) is 11.9. The van der Waals surface area contributed by atoms with Crippen LogP contribution in [0.4, 0.5) is 13.6 Å². The third-order valence-electron chi connectivity index (χ3n) is 16.6. The number of halogens is 2. The summed E-state index contributed by atoms with van der Waals surface area (Å²) in [5.41, 5.74) is 18.8. The van der Waals surface area contributed by atoms with Crippen molar-refractivity contribution >= 4 is 40.7 Å². The highest BCUT2D eigenvalue weighted by Crippen LogP contribution is 2.38. The minimum Gasteiger partial charge on any atom is -0.442 e. The molecule has 11 aromatic heterocycles. The molecule has 14 rings (SSSR count). The molecule has 0 radical (unpaired) electrons. The molecule has 13 heterocycles. The number of hydrogen-bond donors (Lipinski definition) is 3. The Labute approximate surface area is 518 Å². The molecule has 3 atom stereocenters. The molecule has 2 saturated heterocycles. The Kier molecular flexibility index (Phi) is 16.9. The van der Waals surface area contributed by atoms with E-state index in [1.165, 1.54) is 25.0 Å². The molecule has 0 aromatic carbocycles. The van der Waals surface area contributed by atoms with Crippen LogP contribution in [-0.2, 0) is 18.8 Å². The summed E-state index contributed by atoms with van der Waals surface area (Å²) in [5.74, 6) is -0.687. The number of carbonyl (C=O) groups is 1. The molecule has 25 heteroatoms. The van der Waals surface area contributed by atoms with Gasteiger partial charge in [-0.05, 0) is 155 Å². The van der Waals surface area contributed by atoms with Crippen molar-refractivity contribution in [3.05, 3.63) is 146 Å². The zero-order valence-corrected chi connectivity index (χ0v) is 51.6. The third kappa shape index (κ3) is 13.1. The molecular formula is C65H70BF2N17O5. The largest absolute Gasteiger partial charge is 0.498 e. The van der Waals surface area contributed by atoms with E-state index in [0.717, 1.165) is 104 Å². The first-order valence-corrected chi connectivity index (χ1v) is 30.1. The lowest BCUT2D eigenvalue weighted by Gasteiger charge is -2.32. The van der Waals surface area contributed by atoms with Crippen LogP contribution in [0, 0.1) is 25.5 Å². The normalized spacial score (nSPS) is 18.0. The number of rotatable bonds is 9. The van der Waals surface area contributed by atoms with Gasteiger partial charge in [0.15, 0.2) is 0 Å². The summed E-state index contributed by atoms with van der Waals surface area (Å²) in [5, 5.41) is 27.5. The van der Waals surface area contributed by atoms with Gasteiger partial charge in [-0.15, -0.1) is 0 Å². The van der Waals surface area contributed by atoms with Crippen LogP contribution in [0.2, 0.25) is 0 Å². The van der Waals surface area contributed by atoms with Crippen molar-refractivity contribution in [2.45, 2.75) is 142 Å². The average molecular weight is 1220 g/mol. The number of hydrogen-bond acceptors (Lipinski definition) is 17. The number of H-pyrrole nitrogens is 2. The van der Waals surface area contributed by atoms with Crippen molar-refractivity contribution in [3.8, 4) is 67.5 Å². The van der Waals surface area contributed by atoms with Gasteiger partial charge in [0, 0.05) is 94.9 Å². The molecule has 90 heavy (non-hydrogen) atoms. The maximum atomic E-state index is 13.9. The van der Waals surface area contributed by atoms with Gasteiger partial charge < -0.3 is 24.5 Å². The van der Waals surface area contributed by atoms with Crippen molar-refractivity contribution in [2.24, 2.45) is 5.73 Å². The van der Waals surface area contributed by atoms with Gasteiger partial charge in [0.05, 0.1) is 97.8 Å². The predicted molar refractivity (Wildman–Crippen MR) is 336 cm³/mol. The Hall–Kier alpha value is -9.30. The smallest absolute Gasteiger partial charge is 0.442 e. The lowest BCUT2D eigenvalue weighted by atomic mass is 9.82. The molecule has 462 valence electrons. The maximum absolute atomic E-state index is 13.9. The number of pyridine rings is 6. The standard InChI is InChI=1S/C26H25FN8.C25H22FN7O.C14H23BN2O4/c1-15-19(27)6-7-23(32-15)26-18(13-30-34-26)21-8-9-22-24(33-21)10-16(11-29-22)17-12-31-35(14-17)25-5-3-2-4-20(25)28;1-15-19(26)5-6-22(30-15)25-18(14-33(32-25)24-4-2-3-9-34-24)20-7-8-21-23(31-20)10-16(11-27-21)17-12-28-29-13-17;1-12(2,3)19-11(18)17-9-10(8-16-17)15-20-13(4,5)14(6,7)21-15/h6-14,20,25H,2-5,28H2,1H3,(H,30,34);5-8,10-14,24H,2-4,9H2,1H3,(H,28,29);8-9H,1-7H3/t20-,25-;;/m1../s1. The van der Waals surface area contributed by atoms with Crippen molar-refractivity contribution in [1.29, 1.82) is 0 Å². The first-order valence-electron chi connectivity index (χ1n) is 30.1. The number of nitrogens with zero attached hydrogens (tertiary/aromatic N) is 14. The highest BCUT2D eigenvalue weighted by molar-refractivity contribution is 6.62. The first-order chi connectivity index (χ1) is 43.1. The molecule has 2 aliphatic heterocycles. The summed E-state index contributed by atoms with van der Waals surface area (Å²) in [6.07, 6.45) is 24.8. The second-order valence-electron chi connectivity index (χ2n) is 24.8. The van der Waals surface area contributed by atoms with Crippen LogP contribution in [0.25, 0.3) is 89.6 Å². The summed E-state index contributed by atoms with van der Waals surface area (Å²) in [4.78, 5) is 39.7. The van der Waals surface area contributed by atoms with Crippen LogP contribution < -0.4 is 11.2 Å². The molecular weight excluding hydrogens is 1150 g/mol. The van der Waals surface area contributed by atoms with Crippen LogP contribution >= 0.6 is 0 Å². The molecule has 3 aliphatic rings. The summed E-state index contributed by atoms with van der Waals surface area (Å²) < 4.78 is 55.7. The highest BCUT2D eigenvalue weighted by atomic mass is 19.1. The molecule has 1 unspecified atom stereocenters. The van der Waals surface area contributed by atoms with Crippen LogP contribution in [0.1, 0.15) is 117 Å². The monoisotopic (exact) mass is 1220 g/mol. The molecule has 3 fully saturated rings. The van der Waals surface area contributed by atoms with Gasteiger partial charge in [-0.25, -0.2) is 38.2 Å². The Balaban J connectivity index is 0.000000135. The molecule has 22 nitrogen and oxygen atoms in total. The minimum absolute atomic E-state index is 0.138. The van der Waals surface area contributed by atoms with E-state index in [0.29, 0.717) is 46.2 Å². The van der Waals surface area contributed by atoms with E-state index in [-0.39, 0.29) is 29.9 Å². The van der Waals surface area contributed by atoms with Gasteiger partial charge in [-0.3, -0.25) is 24.8 Å². The number of nitrogens with one attached hydrogen (secondary N) is 2. The van der Waals surface area contributed by atoms with Crippen molar-refractivity contribution in [3.63, 3.8) is 0 Å². The van der Waals surface area contributed by atoms with Crippen molar-refractivity contribution in [1.82, 2.24) is 79.6 Å². The van der Waals surface area contributed by atoms with Crippen molar-refractivity contribution in [2.75, 3.05) is 6.61 Å². The number of aromatic nitrogens is 16. The zero-order valence-electron chi connectivity index (χ0n) is 51.6. The fourth-order valence-electron chi connectivity index (χ4n) is 10.9. The summed E-state index contributed by atoms with van der Waals surface area (Å²) >= 11 is 0. The van der Waals surface area contributed by atoms with Crippen LogP contribution in [-0.4, -0.2) is 122 Å². The molecule has 0 amide bonds. The topological polar surface area (TPSA) is 268 Å². The first kappa shape index (κ1) is 61.0. The maximum Gasteiger partial charge on any atom is 0.498 e. The van der Waals surface area contributed by atoms with E-state index >= 15 is 0 Å². The van der Waals surface area contributed by atoms with Crippen LogP contribution in [0.5, 0.6) is 0 Å².